The normalized spacial score (nSPS) is 36.8. The summed E-state index contributed by atoms with van der Waals surface area (Å²) in [5.41, 5.74) is 0. The summed E-state index contributed by atoms with van der Waals surface area (Å²) in [6, 6.07) is 0. The van der Waals surface area contributed by atoms with Gasteiger partial charge in [-0.25, -0.2) is 4.79 Å². The number of epoxide rings is 1. The van der Waals surface area contributed by atoms with Crippen molar-refractivity contribution < 1.29 is 19.4 Å². The van der Waals surface area contributed by atoms with Gasteiger partial charge >= 0.3 is 5.97 Å². The van der Waals surface area contributed by atoms with Crippen LogP contribution in [0.25, 0.3) is 0 Å². The summed E-state index contributed by atoms with van der Waals surface area (Å²) in [6.07, 6.45) is 3.33. The molecule has 0 aromatic heterocycles. The van der Waals surface area contributed by atoms with Crippen LogP contribution in [0.15, 0.2) is 12.7 Å². The molecule has 0 bridgehead atoms. The lowest BCUT2D eigenvalue weighted by Gasteiger charge is -2.23. The zero-order valence-corrected chi connectivity index (χ0v) is 7.89. The SMILES string of the molecule is C=CC(=O)OC(O)C1CCC2OC2C1. The molecule has 14 heavy (non-hydrogen) atoms. The van der Waals surface area contributed by atoms with Crippen molar-refractivity contribution in [2.75, 3.05) is 0 Å². The maximum atomic E-state index is 10.8. The van der Waals surface area contributed by atoms with E-state index >= 15 is 0 Å². The zero-order chi connectivity index (χ0) is 10.1. The van der Waals surface area contributed by atoms with Crippen LogP contribution in [0, 0.1) is 5.92 Å². The Morgan fingerprint density at radius 3 is 3.00 bits per heavy atom. The number of rotatable bonds is 3. The molecule has 2 rings (SSSR count). The van der Waals surface area contributed by atoms with Crippen molar-refractivity contribution in [3.8, 4) is 0 Å². The molecule has 2 fully saturated rings. The van der Waals surface area contributed by atoms with Gasteiger partial charge in [0.2, 0.25) is 6.29 Å². The van der Waals surface area contributed by atoms with Gasteiger partial charge in [-0.05, 0) is 19.3 Å². The Labute approximate surface area is 82.5 Å². The minimum Gasteiger partial charge on any atom is -0.433 e. The van der Waals surface area contributed by atoms with Crippen LogP contribution in [0.4, 0.5) is 0 Å². The molecule has 1 aliphatic heterocycles. The topological polar surface area (TPSA) is 59.1 Å². The van der Waals surface area contributed by atoms with Crippen LogP contribution in [0.1, 0.15) is 19.3 Å². The standard InChI is InChI=1S/C10H14O4/c1-2-9(11)14-10(12)6-3-4-7-8(5-6)13-7/h2,6-8,10,12H,1,3-5H2. The van der Waals surface area contributed by atoms with E-state index in [1.807, 2.05) is 0 Å². The van der Waals surface area contributed by atoms with Gasteiger partial charge in [-0.1, -0.05) is 6.58 Å². The number of carbonyl (C=O) groups excluding carboxylic acids is 1. The van der Waals surface area contributed by atoms with Crippen molar-refractivity contribution in [1.82, 2.24) is 0 Å². The number of hydrogen-bond donors (Lipinski definition) is 1. The molecule has 1 N–H and O–H groups in total. The van der Waals surface area contributed by atoms with Crippen molar-refractivity contribution in [1.29, 1.82) is 0 Å². The van der Waals surface area contributed by atoms with E-state index in [-0.39, 0.29) is 12.0 Å². The number of hydrogen-bond acceptors (Lipinski definition) is 4. The van der Waals surface area contributed by atoms with Gasteiger partial charge in [-0.2, -0.15) is 0 Å². The van der Waals surface area contributed by atoms with E-state index in [0.29, 0.717) is 6.10 Å². The van der Waals surface area contributed by atoms with Crippen molar-refractivity contribution in [3.63, 3.8) is 0 Å². The number of fused-ring (bicyclic) bond motifs is 1. The van der Waals surface area contributed by atoms with E-state index in [0.717, 1.165) is 25.3 Å². The second-order valence-electron chi connectivity index (χ2n) is 3.82. The third-order valence-electron chi connectivity index (χ3n) is 2.85. The first kappa shape index (κ1) is 9.68. The number of aliphatic hydroxyl groups is 1. The Morgan fingerprint density at radius 1 is 1.57 bits per heavy atom. The molecule has 4 unspecified atom stereocenters. The summed E-state index contributed by atoms with van der Waals surface area (Å²) >= 11 is 0. The first-order valence-electron chi connectivity index (χ1n) is 4.87. The van der Waals surface area contributed by atoms with Crippen LogP contribution in [-0.2, 0) is 14.3 Å². The number of ether oxygens (including phenoxy) is 2. The monoisotopic (exact) mass is 198 g/mol. The molecular formula is C10H14O4. The molecule has 1 aliphatic carbocycles. The summed E-state index contributed by atoms with van der Waals surface area (Å²) in [4.78, 5) is 10.8. The van der Waals surface area contributed by atoms with E-state index in [1.165, 1.54) is 0 Å². The van der Waals surface area contributed by atoms with Crippen molar-refractivity contribution in [3.05, 3.63) is 12.7 Å². The fraction of sp³-hybridized carbons (Fsp3) is 0.700. The summed E-state index contributed by atoms with van der Waals surface area (Å²) in [5, 5.41) is 9.57. The van der Waals surface area contributed by atoms with Crippen molar-refractivity contribution in [2.24, 2.45) is 5.92 Å². The molecule has 4 nitrogen and oxygen atoms in total. The van der Waals surface area contributed by atoms with E-state index in [9.17, 15) is 9.90 Å². The first-order valence-corrected chi connectivity index (χ1v) is 4.87. The fourth-order valence-corrected chi connectivity index (χ4v) is 1.96. The zero-order valence-electron chi connectivity index (χ0n) is 7.89. The van der Waals surface area contributed by atoms with Gasteiger partial charge in [0.05, 0.1) is 12.2 Å². The predicted octanol–water partition coefficient (Wildman–Crippen LogP) is 0.601. The van der Waals surface area contributed by atoms with E-state index < -0.39 is 12.3 Å². The Hall–Kier alpha value is -0.870. The Balaban J connectivity index is 1.81. The van der Waals surface area contributed by atoms with Crippen LogP contribution in [0.3, 0.4) is 0 Å². The number of aliphatic hydroxyl groups excluding tert-OH is 1. The van der Waals surface area contributed by atoms with Crippen molar-refractivity contribution in [2.45, 2.75) is 37.8 Å². The molecule has 0 aromatic rings. The molecule has 1 heterocycles. The highest BCUT2D eigenvalue weighted by Gasteiger charge is 2.46. The average Bonchev–Trinajstić information content (AvgIpc) is 2.94. The van der Waals surface area contributed by atoms with Crippen LogP contribution in [0.2, 0.25) is 0 Å². The maximum Gasteiger partial charge on any atom is 0.332 e. The van der Waals surface area contributed by atoms with Gasteiger partial charge in [-0.15, -0.1) is 0 Å². The van der Waals surface area contributed by atoms with E-state index in [2.05, 4.69) is 6.58 Å². The minimum absolute atomic E-state index is 0.0163. The molecule has 4 heteroatoms. The summed E-state index contributed by atoms with van der Waals surface area (Å²) < 4.78 is 10.1. The lowest BCUT2D eigenvalue weighted by atomic mass is 9.89. The number of esters is 1. The molecule has 0 aromatic carbocycles. The van der Waals surface area contributed by atoms with Crippen LogP contribution in [0.5, 0.6) is 0 Å². The highest BCUT2D eigenvalue weighted by molar-refractivity contribution is 5.81. The Bertz CT molecular complexity index is 251. The fourth-order valence-electron chi connectivity index (χ4n) is 1.96. The van der Waals surface area contributed by atoms with Crippen molar-refractivity contribution >= 4 is 5.97 Å². The second-order valence-corrected chi connectivity index (χ2v) is 3.82. The molecule has 1 saturated carbocycles. The van der Waals surface area contributed by atoms with Gasteiger partial charge in [0.1, 0.15) is 0 Å². The quantitative estimate of drug-likeness (QED) is 0.312. The van der Waals surface area contributed by atoms with Crippen LogP contribution < -0.4 is 0 Å². The molecule has 0 radical (unpaired) electrons. The molecule has 4 atom stereocenters. The smallest absolute Gasteiger partial charge is 0.332 e. The third-order valence-corrected chi connectivity index (χ3v) is 2.85. The van der Waals surface area contributed by atoms with E-state index in [1.54, 1.807) is 0 Å². The molecule has 78 valence electrons. The van der Waals surface area contributed by atoms with Gasteiger partial charge < -0.3 is 14.6 Å². The molecule has 1 saturated heterocycles. The highest BCUT2D eigenvalue weighted by atomic mass is 16.6. The number of carbonyl (C=O) groups is 1. The molecule has 2 aliphatic rings. The van der Waals surface area contributed by atoms with Gasteiger partial charge in [0.15, 0.2) is 0 Å². The highest BCUT2D eigenvalue weighted by Crippen LogP contribution is 2.40. The predicted molar refractivity (Wildman–Crippen MR) is 48.3 cm³/mol. The Kier molecular flexibility index (Phi) is 2.56. The maximum absolute atomic E-state index is 10.8. The van der Waals surface area contributed by atoms with Gasteiger partial charge in [-0.3, -0.25) is 0 Å². The lowest BCUT2D eigenvalue weighted by Crippen LogP contribution is -2.29. The summed E-state index contributed by atoms with van der Waals surface area (Å²) in [7, 11) is 0. The first-order chi connectivity index (χ1) is 6.70. The molecular weight excluding hydrogens is 184 g/mol. The lowest BCUT2D eigenvalue weighted by molar-refractivity contribution is -0.172. The third kappa shape index (κ3) is 1.96. The molecule has 0 spiro atoms. The average molecular weight is 198 g/mol. The van der Waals surface area contributed by atoms with Gasteiger partial charge in [0.25, 0.3) is 0 Å². The Morgan fingerprint density at radius 2 is 2.36 bits per heavy atom. The van der Waals surface area contributed by atoms with Crippen LogP contribution in [-0.4, -0.2) is 29.6 Å². The molecule has 0 amide bonds. The summed E-state index contributed by atoms with van der Waals surface area (Å²) in [6.45, 7) is 3.27. The minimum atomic E-state index is -1.01. The van der Waals surface area contributed by atoms with Gasteiger partial charge in [0, 0.05) is 12.0 Å². The van der Waals surface area contributed by atoms with E-state index in [4.69, 9.17) is 9.47 Å². The van der Waals surface area contributed by atoms with Crippen LogP contribution >= 0.6 is 0 Å². The second kappa shape index (κ2) is 3.71. The largest absolute Gasteiger partial charge is 0.433 e. The summed E-state index contributed by atoms with van der Waals surface area (Å²) in [5.74, 6) is -0.556.